The third kappa shape index (κ3) is 2.52. The van der Waals surface area contributed by atoms with Crippen molar-refractivity contribution < 1.29 is 4.79 Å². The Kier molecular flexibility index (Phi) is 3.74. The Bertz CT molecular complexity index is 864. The minimum Gasteiger partial charge on any atom is -0.310 e. The van der Waals surface area contributed by atoms with Gasteiger partial charge in [-0.25, -0.2) is 4.98 Å². The fourth-order valence-electron chi connectivity index (χ4n) is 2.49. The Hall–Kier alpha value is -2.15. The largest absolute Gasteiger partial charge is 0.310 e. The quantitative estimate of drug-likeness (QED) is 0.779. The van der Waals surface area contributed by atoms with Gasteiger partial charge in [0.2, 0.25) is 5.91 Å². The summed E-state index contributed by atoms with van der Waals surface area (Å²) in [6, 6.07) is 3.81. The SMILES string of the molecule is Cc1nn(C)c(C)c1CC(=O)Nc1cnc2c(Br)cccn12. The summed E-state index contributed by atoms with van der Waals surface area (Å²) in [6.07, 6.45) is 3.82. The van der Waals surface area contributed by atoms with E-state index >= 15 is 0 Å². The van der Waals surface area contributed by atoms with Crippen LogP contribution in [-0.4, -0.2) is 25.1 Å². The molecule has 0 unspecified atom stereocenters. The number of amides is 1. The zero-order valence-corrected chi connectivity index (χ0v) is 14.2. The van der Waals surface area contributed by atoms with Gasteiger partial charge in [0.15, 0.2) is 5.65 Å². The van der Waals surface area contributed by atoms with Crippen molar-refractivity contribution in [3.05, 3.63) is 46.0 Å². The molecule has 6 nitrogen and oxygen atoms in total. The Morgan fingerprint density at radius 3 is 2.86 bits per heavy atom. The number of carbonyl (C=O) groups is 1. The lowest BCUT2D eigenvalue weighted by Gasteiger charge is -2.06. The number of anilines is 1. The lowest BCUT2D eigenvalue weighted by atomic mass is 10.1. The number of aromatic nitrogens is 4. The normalized spacial score (nSPS) is 11.1. The van der Waals surface area contributed by atoms with Gasteiger partial charge in [-0.2, -0.15) is 5.10 Å². The van der Waals surface area contributed by atoms with Crippen molar-refractivity contribution >= 4 is 33.3 Å². The van der Waals surface area contributed by atoms with Gasteiger partial charge in [-0.15, -0.1) is 0 Å². The highest BCUT2D eigenvalue weighted by atomic mass is 79.9. The standard InChI is InChI=1S/C15H16BrN5O/c1-9-11(10(2)20(3)19-9)7-14(22)18-13-8-17-15-12(16)5-4-6-21(13)15/h4-6,8H,7H2,1-3H3,(H,18,22). The minimum atomic E-state index is -0.0824. The zero-order chi connectivity index (χ0) is 15.9. The van der Waals surface area contributed by atoms with Crippen molar-refractivity contribution in [1.82, 2.24) is 19.2 Å². The Labute approximate surface area is 136 Å². The topological polar surface area (TPSA) is 64.2 Å². The van der Waals surface area contributed by atoms with Crippen molar-refractivity contribution in [3.8, 4) is 0 Å². The molecule has 0 bridgehead atoms. The number of aryl methyl sites for hydroxylation is 2. The molecule has 0 fully saturated rings. The molecule has 0 spiro atoms. The lowest BCUT2D eigenvalue weighted by Crippen LogP contribution is -2.16. The third-order valence-corrected chi connectivity index (χ3v) is 4.37. The van der Waals surface area contributed by atoms with Crippen molar-refractivity contribution in [2.24, 2.45) is 7.05 Å². The Balaban J connectivity index is 1.83. The van der Waals surface area contributed by atoms with Crippen LogP contribution in [0.25, 0.3) is 5.65 Å². The van der Waals surface area contributed by atoms with Crippen LogP contribution in [0.3, 0.4) is 0 Å². The summed E-state index contributed by atoms with van der Waals surface area (Å²) in [7, 11) is 1.88. The highest BCUT2D eigenvalue weighted by Gasteiger charge is 2.15. The second-order valence-electron chi connectivity index (χ2n) is 5.19. The molecule has 3 aromatic heterocycles. The number of hydrogen-bond acceptors (Lipinski definition) is 3. The molecular formula is C15H16BrN5O. The van der Waals surface area contributed by atoms with Crippen LogP contribution in [0.5, 0.6) is 0 Å². The van der Waals surface area contributed by atoms with E-state index in [1.54, 1.807) is 10.9 Å². The second kappa shape index (κ2) is 5.57. The number of carbonyl (C=O) groups excluding carboxylic acids is 1. The molecule has 0 saturated carbocycles. The molecule has 7 heteroatoms. The molecule has 3 aromatic rings. The van der Waals surface area contributed by atoms with Gasteiger partial charge in [-0.3, -0.25) is 13.9 Å². The van der Waals surface area contributed by atoms with Gasteiger partial charge in [0.25, 0.3) is 0 Å². The van der Waals surface area contributed by atoms with Gasteiger partial charge in [0, 0.05) is 24.5 Å². The second-order valence-corrected chi connectivity index (χ2v) is 6.05. The summed E-state index contributed by atoms with van der Waals surface area (Å²) < 4.78 is 4.52. The number of nitrogens with zero attached hydrogens (tertiary/aromatic N) is 4. The van der Waals surface area contributed by atoms with Crippen LogP contribution in [0.1, 0.15) is 17.0 Å². The number of imidazole rings is 1. The van der Waals surface area contributed by atoms with Gasteiger partial charge in [0.1, 0.15) is 5.82 Å². The summed E-state index contributed by atoms with van der Waals surface area (Å²) in [4.78, 5) is 16.6. The van der Waals surface area contributed by atoms with E-state index in [-0.39, 0.29) is 5.91 Å². The molecule has 22 heavy (non-hydrogen) atoms. The van der Waals surface area contributed by atoms with E-state index in [9.17, 15) is 4.79 Å². The predicted molar refractivity (Wildman–Crippen MR) is 87.9 cm³/mol. The van der Waals surface area contributed by atoms with E-state index < -0.39 is 0 Å². The first-order valence-corrected chi connectivity index (χ1v) is 7.67. The van der Waals surface area contributed by atoms with Crippen molar-refractivity contribution in [2.75, 3.05) is 5.32 Å². The van der Waals surface area contributed by atoms with E-state index in [2.05, 4.69) is 31.3 Å². The van der Waals surface area contributed by atoms with Crippen LogP contribution in [0.2, 0.25) is 0 Å². The van der Waals surface area contributed by atoms with Crippen LogP contribution < -0.4 is 5.32 Å². The highest BCUT2D eigenvalue weighted by molar-refractivity contribution is 9.10. The molecular weight excluding hydrogens is 346 g/mol. The van der Waals surface area contributed by atoms with Crippen LogP contribution in [-0.2, 0) is 18.3 Å². The first kappa shape index (κ1) is 14.8. The molecule has 3 heterocycles. The molecule has 0 radical (unpaired) electrons. The molecule has 0 saturated heterocycles. The van der Waals surface area contributed by atoms with E-state index in [0.29, 0.717) is 12.2 Å². The number of rotatable bonds is 3. The molecule has 0 atom stereocenters. The summed E-state index contributed by atoms with van der Waals surface area (Å²) >= 11 is 3.44. The van der Waals surface area contributed by atoms with Crippen molar-refractivity contribution in [3.63, 3.8) is 0 Å². The molecule has 3 rings (SSSR count). The summed E-state index contributed by atoms with van der Waals surface area (Å²) in [5.74, 6) is 0.571. The fraction of sp³-hybridized carbons (Fsp3) is 0.267. The van der Waals surface area contributed by atoms with Crippen molar-refractivity contribution in [1.29, 1.82) is 0 Å². The number of nitrogens with one attached hydrogen (secondary N) is 1. The molecule has 0 aliphatic carbocycles. The predicted octanol–water partition coefficient (Wildman–Crippen LogP) is 2.63. The fourth-order valence-corrected chi connectivity index (χ4v) is 2.94. The molecule has 0 aliphatic rings. The number of fused-ring (bicyclic) bond motifs is 1. The maximum absolute atomic E-state index is 12.3. The molecule has 1 N–H and O–H groups in total. The van der Waals surface area contributed by atoms with Crippen LogP contribution >= 0.6 is 15.9 Å². The van der Waals surface area contributed by atoms with E-state index in [1.807, 2.05) is 43.6 Å². The third-order valence-electron chi connectivity index (χ3n) is 3.75. The van der Waals surface area contributed by atoms with Gasteiger partial charge in [-0.05, 0) is 41.9 Å². The number of pyridine rings is 1. The summed E-state index contributed by atoms with van der Waals surface area (Å²) in [5.41, 5.74) is 3.63. The van der Waals surface area contributed by atoms with E-state index in [4.69, 9.17) is 0 Å². The van der Waals surface area contributed by atoms with Crippen molar-refractivity contribution in [2.45, 2.75) is 20.3 Å². The Morgan fingerprint density at radius 1 is 1.41 bits per heavy atom. The molecule has 0 aliphatic heterocycles. The molecule has 1 amide bonds. The minimum absolute atomic E-state index is 0.0824. The smallest absolute Gasteiger partial charge is 0.230 e. The van der Waals surface area contributed by atoms with Crippen LogP contribution in [0, 0.1) is 13.8 Å². The maximum Gasteiger partial charge on any atom is 0.230 e. The maximum atomic E-state index is 12.3. The van der Waals surface area contributed by atoms with Gasteiger partial charge in [0.05, 0.1) is 22.8 Å². The zero-order valence-electron chi connectivity index (χ0n) is 12.6. The Morgan fingerprint density at radius 2 is 2.18 bits per heavy atom. The average molecular weight is 362 g/mol. The molecule has 114 valence electrons. The van der Waals surface area contributed by atoms with E-state index in [1.165, 1.54) is 0 Å². The van der Waals surface area contributed by atoms with Gasteiger partial charge < -0.3 is 5.32 Å². The average Bonchev–Trinajstić information content (AvgIpc) is 2.97. The molecule has 0 aromatic carbocycles. The lowest BCUT2D eigenvalue weighted by molar-refractivity contribution is -0.115. The monoisotopic (exact) mass is 361 g/mol. The number of halogens is 1. The summed E-state index contributed by atoms with van der Waals surface area (Å²) in [6.45, 7) is 3.88. The number of hydrogen-bond donors (Lipinski definition) is 1. The van der Waals surface area contributed by atoms with Gasteiger partial charge in [-0.1, -0.05) is 0 Å². The first-order valence-electron chi connectivity index (χ1n) is 6.88. The highest BCUT2D eigenvalue weighted by Crippen LogP contribution is 2.20. The van der Waals surface area contributed by atoms with E-state index in [0.717, 1.165) is 27.1 Å². The first-order chi connectivity index (χ1) is 10.5. The van der Waals surface area contributed by atoms with Crippen LogP contribution in [0.4, 0.5) is 5.82 Å². The summed E-state index contributed by atoms with van der Waals surface area (Å²) in [5, 5.41) is 7.24. The van der Waals surface area contributed by atoms with Crippen LogP contribution in [0.15, 0.2) is 29.0 Å². The van der Waals surface area contributed by atoms with Gasteiger partial charge >= 0.3 is 0 Å².